The Morgan fingerprint density at radius 2 is 1.76 bits per heavy atom. The van der Waals surface area contributed by atoms with Gasteiger partial charge in [0.05, 0.1) is 12.2 Å². The molecule has 0 spiro atoms. The lowest BCUT2D eigenvalue weighted by molar-refractivity contribution is -0.0994. The number of rotatable bonds is 0. The fourth-order valence-corrected chi connectivity index (χ4v) is 6.76. The van der Waals surface area contributed by atoms with E-state index in [-0.39, 0.29) is 23.0 Å². The lowest BCUT2D eigenvalue weighted by Gasteiger charge is -2.59. The monoisotopic (exact) mass is 290 g/mol. The van der Waals surface area contributed by atoms with Crippen LogP contribution in [0.2, 0.25) is 0 Å². The van der Waals surface area contributed by atoms with Crippen molar-refractivity contribution < 1.29 is 10.2 Å². The van der Waals surface area contributed by atoms with E-state index < -0.39 is 0 Å². The number of allylic oxidation sites excluding steroid dienone is 1. The molecule has 4 aliphatic rings. The average molecular weight is 290 g/mol. The first kappa shape index (κ1) is 14.3. The molecule has 0 heterocycles. The summed E-state index contributed by atoms with van der Waals surface area (Å²) in [7, 11) is 0. The molecule has 4 aliphatic carbocycles. The van der Waals surface area contributed by atoms with Crippen LogP contribution in [0.15, 0.2) is 12.2 Å². The summed E-state index contributed by atoms with van der Waals surface area (Å²) in [6, 6.07) is 0. The van der Waals surface area contributed by atoms with Crippen molar-refractivity contribution in [1.29, 1.82) is 0 Å². The van der Waals surface area contributed by atoms with Crippen LogP contribution >= 0.6 is 0 Å². The highest BCUT2D eigenvalue weighted by Gasteiger charge is 2.59. The summed E-state index contributed by atoms with van der Waals surface area (Å²) in [6.45, 7) is 4.80. The van der Waals surface area contributed by atoms with E-state index in [1.165, 1.54) is 32.1 Å². The van der Waals surface area contributed by atoms with Crippen LogP contribution in [0.4, 0.5) is 0 Å². The van der Waals surface area contributed by atoms with Gasteiger partial charge in [-0.1, -0.05) is 26.0 Å². The Labute approximate surface area is 128 Å². The maximum Gasteiger partial charge on any atom is 0.0724 e. The molecule has 3 fully saturated rings. The Bertz CT molecular complexity index is 458. The molecule has 0 amide bonds. The van der Waals surface area contributed by atoms with Gasteiger partial charge >= 0.3 is 0 Å². The molecule has 0 saturated heterocycles. The van der Waals surface area contributed by atoms with Crippen LogP contribution < -0.4 is 0 Å². The molecule has 2 N–H and O–H groups in total. The first-order valence-electron chi connectivity index (χ1n) is 9.00. The van der Waals surface area contributed by atoms with Crippen LogP contribution in [0.25, 0.3) is 0 Å². The van der Waals surface area contributed by atoms with E-state index in [2.05, 4.69) is 26.0 Å². The molecule has 4 rings (SSSR count). The summed E-state index contributed by atoms with van der Waals surface area (Å²) in [5.41, 5.74) is 0.472. The zero-order chi connectivity index (χ0) is 14.8. The smallest absolute Gasteiger partial charge is 0.0724 e. The second-order valence-corrected chi connectivity index (χ2v) is 8.82. The summed E-state index contributed by atoms with van der Waals surface area (Å²) in [5.74, 6) is 2.95. The highest BCUT2D eigenvalue weighted by atomic mass is 16.3. The van der Waals surface area contributed by atoms with Gasteiger partial charge in [-0.15, -0.1) is 0 Å². The number of hydrogen-bond acceptors (Lipinski definition) is 2. The first-order chi connectivity index (χ1) is 9.95. The molecule has 0 radical (unpaired) electrons. The van der Waals surface area contributed by atoms with Gasteiger partial charge in [-0.05, 0) is 79.4 Å². The van der Waals surface area contributed by atoms with Gasteiger partial charge in [0.15, 0.2) is 0 Å². The molecule has 8 atom stereocenters. The SMILES string of the molecule is C[C@]12CCC3C(CC[C@@H]4C[C@@H](O)C=C[C@]34C)C1CC[C@@H]2O. The normalized spacial score (nSPS) is 59.2. The minimum Gasteiger partial charge on any atom is -0.393 e. The highest BCUT2D eigenvalue weighted by molar-refractivity contribution is 5.17. The molecule has 118 valence electrons. The van der Waals surface area contributed by atoms with Gasteiger partial charge in [0.1, 0.15) is 0 Å². The van der Waals surface area contributed by atoms with Gasteiger partial charge < -0.3 is 10.2 Å². The van der Waals surface area contributed by atoms with Crippen LogP contribution in [0.3, 0.4) is 0 Å². The minimum atomic E-state index is -0.221. The van der Waals surface area contributed by atoms with E-state index in [0.29, 0.717) is 5.92 Å². The molecule has 0 aliphatic heterocycles. The fraction of sp³-hybridized carbons (Fsp3) is 0.895. The van der Waals surface area contributed by atoms with Crippen molar-refractivity contribution in [3.63, 3.8) is 0 Å². The van der Waals surface area contributed by atoms with E-state index in [0.717, 1.165) is 30.6 Å². The number of hydrogen-bond donors (Lipinski definition) is 2. The molecule has 3 saturated carbocycles. The molecule has 0 bridgehead atoms. The van der Waals surface area contributed by atoms with Crippen molar-refractivity contribution in [3.8, 4) is 0 Å². The standard InChI is InChI=1S/C19H30O2/c1-18-9-7-13(20)11-12(18)3-4-14-15-5-6-17(21)19(15,2)10-8-16(14)18/h7,9,12-17,20-21H,3-6,8,10-11H2,1-2H3/t12-,13+,14?,15?,16?,17+,18+,19+/m1/s1. The Morgan fingerprint density at radius 3 is 2.57 bits per heavy atom. The van der Waals surface area contributed by atoms with Crippen LogP contribution in [0.5, 0.6) is 0 Å². The zero-order valence-electron chi connectivity index (χ0n) is 13.5. The summed E-state index contributed by atoms with van der Waals surface area (Å²) in [4.78, 5) is 0. The predicted molar refractivity (Wildman–Crippen MR) is 83.6 cm³/mol. The molecule has 0 aromatic rings. The van der Waals surface area contributed by atoms with Gasteiger partial charge in [0, 0.05) is 0 Å². The summed E-state index contributed by atoms with van der Waals surface area (Å²) >= 11 is 0. The second-order valence-electron chi connectivity index (χ2n) is 8.82. The largest absolute Gasteiger partial charge is 0.393 e. The summed E-state index contributed by atoms with van der Waals surface area (Å²) in [5, 5.41) is 20.4. The van der Waals surface area contributed by atoms with Crippen molar-refractivity contribution in [3.05, 3.63) is 12.2 Å². The van der Waals surface area contributed by atoms with E-state index in [9.17, 15) is 10.2 Å². The van der Waals surface area contributed by atoms with Crippen LogP contribution in [-0.2, 0) is 0 Å². The summed E-state index contributed by atoms with van der Waals surface area (Å²) in [6.07, 6.45) is 12.4. The van der Waals surface area contributed by atoms with Gasteiger partial charge in [-0.25, -0.2) is 0 Å². The first-order valence-corrected chi connectivity index (χ1v) is 9.00. The molecule has 2 heteroatoms. The molecule has 3 unspecified atom stereocenters. The average Bonchev–Trinajstić information content (AvgIpc) is 2.76. The molecule has 2 nitrogen and oxygen atoms in total. The topological polar surface area (TPSA) is 40.5 Å². The van der Waals surface area contributed by atoms with Crippen LogP contribution in [0.1, 0.15) is 58.8 Å². The van der Waals surface area contributed by atoms with Gasteiger partial charge in [-0.3, -0.25) is 0 Å². The van der Waals surface area contributed by atoms with Crippen LogP contribution in [0, 0.1) is 34.5 Å². The van der Waals surface area contributed by atoms with Gasteiger partial charge in [0.2, 0.25) is 0 Å². The predicted octanol–water partition coefficient (Wildman–Crippen LogP) is 3.53. The number of aliphatic hydroxyl groups is 2. The minimum absolute atomic E-state index is 0.0716. The quantitative estimate of drug-likeness (QED) is 0.670. The van der Waals surface area contributed by atoms with Crippen molar-refractivity contribution in [2.24, 2.45) is 34.5 Å². The van der Waals surface area contributed by atoms with E-state index in [1.807, 2.05) is 0 Å². The van der Waals surface area contributed by atoms with Gasteiger partial charge in [-0.2, -0.15) is 0 Å². The third-order valence-corrected chi connectivity index (χ3v) is 8.12. The Kier molecular flexibility index (Phi) is 3.11. The zero-order valence-corrected chi connectivity index (χ0v) is 13.5. The van der Waals surface area contributed by atoms with Crippen molar-refractivity contribution in [2.75, 3.05) is 0 Å². The maximum absolute atomic E-state index is 10.5. The van der Waals surface area contributed by atoms with E-state index in [1.54, 1.807) is 0 Å². The van der Waals surface area contributed by atoms with Gasteiger partial charge in [0.25, 0.3) is 0 Å². The third kappa shape index (κ3) is 1.84. The molecular weight excluding hydrogens is 260 g/mol. The molecule has 0 aromatic heterocycles. The molecule has 21 heavy (non-hydrogen) atoms. The van der Waals surface area contributed by atoms with Crippen LogP contribution in [-0.4, -0.2) is 22.4 Å². The lowest BCUT2D eigenvalue weighted by Crippen LogP contribution is -2.53. The lowest BCUT2D eigenvalue weighted by atomic mass is 9.46. The van der Waals surface area contributed by atoms with Crippen molar-refractivity contribution >= 4 is 0 Å². The summed E-state index contributed by atoms with van der Waals surface area (Å²) < 4.78 is 0. The number of fused-ring (bicyclic) bond motifs is 5. The Hall–Kier alpha value is -0.340. The third-order valence-electron chi connectivity index (χ3n) is 8.12. The Morgan fingerprint density at radius 1 is 0.952 bits per heavy atom. The van der Waals surface area contributed by atoms with E-state index >= 15 is 0 Å². The highest BCUT2D eigenvalue weighted by Crippen LogP contribution is 2.65. The fourth-order valence-electron chi connectivity index (χ4n) is 6.76. The Balaban J connectivity index is 1.67. The molecule has 0 aromatic carbocycles. The number of aliphatic hydroxyl groups excluding tert-OH is 2. The maximum atomic E-state index is 10.5. The van der Waals surface area contributed by atoms with Crippen molar-refractivity contribution in [1.82, 2.24) is 0 Å². The molecular formula is C19H30O2. The van der Waals surface area contributed by atoms with E-state index in [4.69, 9.17) is 0 Å². The van der Waals surface area contributed by atoms with Crippen molar-refractivity contribution in [2.45, 2.75) is 71.0 Å². The second kappa shape index (κ2) is 4.58.